The van der Waals surface area contributed by atoms with Crippen LogP contribution < -0.4 is 5.32 Å². The lowest BCUT2D eigenvalue weighted by atomic mass is 10.1. The molecule has 0 saturated carbocycles. The van der Waals surface area contributed by atoms with Gasteiger partial charge in [0.25, 0.3) is 0 Å². The van der Waals surface area contributed by atoms with Crippen molar-refractivity contribution in [2.75, 3.05) is 11.5 Å². The third-order valence-corrected chi connectivity index (χ3v) is 6.57. The Morgan fingerprint density at radius 3 is 2.41 bits per heavy atom. The summed E-state index contributed by atoms with van der Waals surface area (Å²) in [6.07, 6.45) is 5.49. The highest BCUT2D eigenvalue weighted by molar-refractivity contribution is 7.91. The van der Waals surface area contributed by atoms with Crippen LogP contribution in [0.1, 0.15) is 12.0 Å². The molecule has 1 atom stereocenters. The molecule has 2 aromatic carbocycles. The van der Waals surface area contributed by atoms with Crippen LogP contribution in [0.4, 0.5) is 0 Å². The summed E-state index contributed by atoms with van der Waals surface area (Å²) >= 11 is 0. The Kier molecular flexibility index (Phi) is 5.31. The molecule has 1 aromatic heterocycles. The molecule has 0 aliphatic carbocycles. The number of carbonyl (C=O) groups is 1. The quantitative estimate of drug-likeness (QED) is 0.660. The molecule has 0 spiro atoms. The molecule has 3 aromatic rings. The summed E-state index contributed by atoms with van der Waals surface area (Å²) in [7, 11) is -3.03. The molecule has 1 saturated heterocycles. The van der Waals surface area contributed by atoms with E-state index in [0.29, 0.717) is 6.42 Å². The van der Waals surface area contributed by atoms with Crippen LogP contribution in [0.2, 0.25) is 0 Å². The van der Waals surface area contributed by atoms with Crippen LogP contribution in [0.3, 0.4) is 0 Å². The Morgan fingerprint density at radius 1 is 1.07 bits per heavy atom. The minimum absolute atomic E-state index is 0.00772. The van der Waals surface area contributed by atoms with Crippen molar-refractivity contribution in [3.63, 3.8) is 0 Å². The van der Waals surface area contributed by atoms with Crippen molar-refractivity contribution in [3.8, 4) is 16.9 Å². The van der Waals surface area contributed by atoms with Crippen molar-refractivity contribution in [2.24, 2.45) is 0 Å². The zero-order chi connectivity index (χ0) is 20.3. The van der Waals surface area contributed by atoms with Gasteiger partial charge in [-0.2, -0.15) is 5.10 Å². The van der Waals surface area contributed by atoms with E-state index in [1.807, 2.05) is 66.9 Å². The number of para-hydroxylation sites is 1. The zero-order valence-corrected chi connectivity index (χ0v) is 16.5. The summed E-state index contributed by atoms with van der Waals surface area (Å²) in [6, 6.07) is 19.2. The number of benzene rings is 2. The normalized spacial score (nSPS) is 18.1. The number of nitrogens with one attached hydrogen (secondary N) is 1. The molecular formula is C22H21N3O3S. The molecule has 1 aliphatic heterocycles. The molecule has 0 bridgehead atoms. The van der Waals surface area contributed by atoms with Gasteiger partial charge < -0.3 is 5.32 Å². The molecule has 1 amide bonds. The predicted molar refractivity (Wildman–Crippen MR) is 113 cm³/mol. The minimum atomic E-state index is -3.03. The second-order valence-corrected chi connectivity index (χ2v) is 9.25. The number of aromatic nitrogens is 2. The van der Waals surface area contributed by atoms with Crippen LogP contribution in [-0.4, -0.2) is 41.7 Å². The number of hydrogen-bond acceptors (Lipinski definition) is 4. The van der Waals surface area contributed by atoms with Crippen LogP contribution in [-0.2, 0) is 14.6 Å². The van der Waals surface area contributed by atoms with Crippen molar-refractivity contribution in [2.45, 2.75) is 12.5 Å². The van der Waals surface area contributed by atoms with E-state index in [4.69, 9.17) is 5.10 Å². The molecule has 7 heteroatoms. The maximum absolute atomic E-state index is 12.3. The van der Waals surface area contributed by atoms with Gasteiger partial charge in [0.15, 0.2) is 9.84 Å². The molecule has 4 rings (SSSR count). The van der Waals surface area contributed by atoms with Gasteiger partial charge in [0.1, 0.15) is 0 Å². The van der Waals surface area contributed by atoms with Gasteiger partial charge >= 0.3 is 0 Å². The first-order valence-electron chi connectivity index (χ1n) is 9.40. The van der Waals surface area contributed by atoms with Gasteiger partial charge in [0.05, 0.1) is 22.9 Å². The standard InChI is InChI=1S/C22H21N3O3S/c26-21(23-19-13-14-29(27,28)16-19)12-11-18-15-25(20-9-5-2-6-10-20)24-22(18)17-7-3-1-4-8-17/h1-12,15,19H,13-14,16H2,(H,23,26)/b12-11+. The van der Waals surface area contributed by atoms with Gasteiger partial charge in [-0.05, 0) is 24.6 Å². The van der Waals surface area contributed by atoms with Crippen LogP contribution in [0.15, 0.2) is 72.9 Å². The smallest absolute Gasteiger partial charge is 0.244 e. The summed E-state index contributed by atoms with van der Waals surface area (Å²) in [5, 5.41) is 7.48. The largest absolute Gasteiger partial charge is 0.349 e. The maximum atomic E-state index is 12.3. The average molecular weight is 407 g/mol. The molecule has 1 unspecified atom stereocenters. The first-order chi connectivity index (χ1) is 14.0. The van der Waals surface area contributed by atoms with Crippen LogP contribution in [0.25, 0.3) is 23.0 Å². The van der Waals surface area contributed by atoms with E-state index in [2.05, 4.69) is 5.32 Å². The highest BCUT2D eigenvalue weighted by atomic mass is 32.2. The molecule has 6 nitrogen and oxygen atoms in total. The van der Waals surface area contributed by atoms with Crippen molar-refractivity contribution < 1.29 is 13.2 Å². The lowest BCUT2D eigenvalue weighted by molar-refractivity contribution is -0.116. The Labute approximate surface area is 169 Å². The van der Waals surface area contributed by atoms with E-state index in [-0.39, 0.29) is 23.5 Å². The average Bonchev–Trinajstić information content (AvgIpc) is 3.30. The van der Waals surface area contributed by atoms with E-state index < -0.39 is 9.84 Å². The van der Waals surface area contributed by atoms with Gasteiger partial charge in [-0.25, -0.2) is 13.1 Å². The summed E-state index contributed by atoms with van der Waals surface area (Å²) in [5.41, 5.74) is 3.44. The third-order valence-electron chi connectivity index (χ3n) is 4.80. The zero-order valence-electron chi connectivity index (χ0n) is 15.7. The first kappa shape index (κ1) is 19.1. The van der Waals surface area contributed by atoms with E-state index >= 15 is 0 Å². The molecule has 0 radical (unpaired) electrons. The van der Waals surface area contributed by atoms with Crippen LogP contribution >= 0.6 is 0 Å². The molecule has 29 heavy (non-hydrogen) atoms. The Morgan fingerprint density at radius 2 is 1.76 bits per heavy atom. The fourth-order valence-electron chi connectivity index (χ4n) is 3.37. The van der Waals surface area contributed by atoms with Gasteiger partial charge in [0.2, 0.25) is 5.91 Å². The Hall–Kier alpha value is -3.19. The Balaban J connectivity index is 1.59. The molecule has 1 N–H and O–H groups in total. The van der Waals surface area contributed by atoms with Crippen molar-refractivity contribution in [1.82, 2.24) is 15.1 Å². The number of nitrogens with zero attached hydrogens (tertiary/aromatic N) is 2. The summed E-state index contributed by atoms with van der Waals surface area (Å²) in [4.78, 5) is 12.3. The first-order valence-corrected chi connectivity index (χ1v) is 11.2. The molecular weight excluding hydrogens is 386 g/mol. The molecule has 1 aliphatic rings. The van der Waals surface area contributed by atoms with Gasteiger partial charge in [-0.1, -0.05) is 48.5 Å². The lowest BCUT2D eigenvalue weighted by Gasteiger charge is -2.07. The second kappa shape index (κ2) is 8.05. The van der Waals surface area contributed by atoms with Gasteiger partial charge in [0, 0.05) is 29.4 Å². The van der Waals surface area contributed by atoms with E-state index in [1.54, 1.807) is 10.8 Å². The fraction of sp³-hybridized carbons (Fsp3) is 0.182. The number of carbonyl (C=O) groups excluding carboxylic acids is 1. The number of rotatable bonds is 5. The predicted octanol–water partition coefficient (Wildman–Crippen LogP) is 2.86. The van der Waals surface area contributed by atoms with Crippen molar-refractivity contribution in [1.29, 1.82) is 0 Å². The van der Waals surface area contributed by atoms with Crippen molar-refractivity contribution >= 4 is 21.8 Å². The summed E-state index contributed by atoms with van der Waals surface area (Å²) in [6.45, 7) is 0. The van der Waals surface area contributed by atoms with E-state index in [0.717, 1.165) is 22.5 Å². The summed E-state index contributed by atoms with van der Waals surface area (Å²) < 4.78 is 24.9. The number of amides is 1. The monoisotopic (exact) mass is 407 g/mol. The lowest BCUT2D eigenvalue weighted by Crippen LogP contribution is -2.34. The maximum Gasteiger partial charge on any atom is 0.244 e. The molecule has 148 valence electrons. The van der Waals surface area contributed by atoms with E-state index in [1.165, 1.54) is 6.08 Å². The van der Waals surface area contributed by atoms with Gasteiger partial charge in [-0.15, -0.1) is 0 Å². The highest BCUT2D eigenvalue weighted by Crippen LogP contribution is 2.24. The van der Waals surface area contributed by atoms with Crippen molar-refractivity contribution in [3.05, 3.63) is 78.5 Å². The highest BCUT2D eigenvalue weighted by Gasteiger charge is 2.28. The van der Waals surface area contributed by atoms with Crippen LogP contribution in [0.5, 0.6) is 0 Å². The van der Waals surface area contributed by atoms with Crippen LogP contribution in [0, 0.1) is 0 Å². The molecule has 2 heterocycles. The minimum Gasteiger partial charge on any atom is -0.349 e. The SMILES string of the molecule is O=C(/C=C/c1cn(-c2ccccc2)nc1-c1ccccc1)NC1CCS(=O)(=O)C1. The number of sulfone groups is 1. The molecule has 1 fully saturated rings. The van der Waals surface area contributed by atoms with E-state index in [9.17, 15) is 13.2 Å². The number of hydrogen-bond donors (Lipinski definition) is 1. The summed E-state index contributed by atoms with van der Waals surface area (Å²) in [5.74, 6) is -0.171. The fourth-order valence-corrected chi connectivity index (χ4v) is 5.04. The topological polar surface area (TPSA) is 81.1 Å². The second-order valence-electron chi connectivity index (χ2n) is 7.02. The third kappa shape index (κ3) is 4.63. The Bertz CT molecular complexity index is 1140. The van der Waals surface area contributed by atoms with Gasteiger partial charge in [-0.3, -0.25) is 4.79 Å².